The molecule has 1 aromatic carbocycles. The lowest BCUT2D eigenvalue weighted by Crippen LogP contribution is -2.47. The number of hydrogen-bond donors (Lipinski definition) is 1. The molecular formula is C20H21BrN2O4S. The number of methoxy groups -OCH3 is 1. The van der Waals surface area contributed by atoms with Crippen LogP contribution in [0.5, 0.6) is 0 Å². The predicted molar refractivity (Wildman–Crippen MR) is 111 cm³/mol. The fraction of sp³-hybridized carbons (Fsp3) is 0.300. The Labute approximate surface area is 176 Å². The number of urea groups is 1. The van der Waals surface area contributed by atoms with Crippen LogP contribution in [0.4, 0.5) is 4.79 Å². The second kappa shape index (κ2) is 9.36. The van der Waals surface area contributed by atoms with Gasteiger partial charge in [0.1, 0.15) is 6.61 Å². The first-order chi connectivity index (χ1) is 13.5. The summed E-state index contributed by atoms with van der Waals surface area (Å²) in [7, 11) is 1.55. The molecule has 28 heavy (non-hydrogen) atoms. The van der Waals surface area contributed by atoms with Crippen LogP contribution < -0.4 is 5.32 Å². The van der Waals surface area contributed by atoms with Crippen molar-refractivity contribution >= 4 is 39.3 Å². The van der Waals surface area contributed by atoms with Crippen molar-refractivity contribution in [1.82, 2.24) is 10.2 Å². The zero-order valence-corrected chi connectivity index (χ0v) is 18.0. The normalized spacial score (nSPS) is 16.9. The Morgan fingerprint density at radius 2 is 2.04 bits per heavy atom. The minimum atomic E-state index is -0.599. The van der Waals surface area contributed by atoms with Crippen molar-refractivity contribution in [2.75, 3.05) is 20.3 Å². The number of esters is 1. The molecule has 1 N–H and O–H groups in total. The van der Waals surface area contributed by atoms with E-state index in [4.69, 9.17) is 9.47 Å². The number of amides is 2. The Kier molecular flexibility index (Phi) is 6.88. The molecule has 1 aromatic heterocycles. The van der Waals surface area contributed by atoms with E-state index in [9.17, 15) is 9.59 Å². The molecule has 0 saturated carbocycles. The van der Waals surface area contributed by atoms with Crippen LogP contribution in [0.2, 0.25) is 0 Å². The molecule has 0 aliphatic carbocycles. The van der Waals surface area contributed by atoms with Gasteiger partial charge in [0.15, 0.2) is 0 Å². The van der Waals surface area contributed by atoms with Gasteiger partial charge in [-0.05, 0) is 30.0 Å². The summed E-state index contributed by atoms with van der Waals surface area (Å²) in [6.07, 6.45) is 0. The molecule has 1 atom stereocenters. The first-order valence-electron chi connectivity index (χ1n) is 8.74. The van der Waals surface area contributed by atoms with E-state index in [1.807, 2.05) is 41.8 Å². The molecule has 3 rings (SSSR count). The molecule has 2 aromatic rings. The van der Waals surface area contributed by atoms with Crippen molar-refractivity contribution < 1.29 is 19.1 Å². The van der Waals surface area contributed by atoms with Crippen molar-refractivity contribution in [2.45, 2.75) is 19.5 Å². The van der Waals surface area contributed by atoms with Crippen LogP contribution in [0.1, 0.15) is 23.4 Å². The van der Waals surface area contributed by atoms with Crippen molar-refractivity contribution in [3.05, 3.63) is 68.0 Å². The van der Waals surface area contributed by atoms with Crippen molar-refractivity contribution in [1.29, 1.82) is 0 Å². The number of allylic oxidation sites excluding steroid dienone is 1. The summed E-state index contributed by atoms with van der Waals surface area (Å²) in [6, 6.07) is 10.6. The molecule has 0 bridgehead atoms. The molecule has 1 aliphatic heterocycles. The van der Waals surface area contributed by atoms with Gasteiger partial charge >= 0.3 is 12.0 Å². The summed E-state index contributed by atoms with van der Waals surface area (Å²) in [5, 5.41) is 4.92. The highest BCUT2D eigenvalue weighted by Gasteiger charge is 2.37. The number of halogens is 1. The number of carbonyl (C=O) groups excluding carboxylic acids is 2. The summed E-state index contributed by atoms with van der Waals surface area (Å²) in [5.74, 6) is -0.466. The van der Waals surface area contributed by atoms with Crippen LogP contribution in [0, 0.1) is 0 Å². The van der Waals surface area contributed by atoms with E-state index in [1.165, 1.54) is 0 Å². The topological polar surface area (TPSA) is 67.9 Å². The molecule has 6 nitrogen and oxygen atoms in total. The minimum Gasteiger partial charge on any atom is -0.460 e. The van der Waals surface area contributed by atoms with Gasteiger partial charge in [0.25, 0.3) is 0 Å². The van der Waals surface area contributed by atoms with Crippen LogP contribution in [0.25, 0.3) is 0 Å². The zero-order valence-electron chi connectivity index (χ0n) is 15.6. The third kappa shape index (κ3) is 4.45. The third-order valence-corrected chi connectivity index (χ3v) is 6.03. The van der Waals surface area contributed by atoms with Gasteiger partial charge in [-0.1, -0.05) is 40.2 Å². The molecule has 1 aliphatic rings. The number of benzene rings is 1. The molecule has 8 heteroatoms. The summed E-state index contributed by atoms with van der Waals surface area (Å²) >= 11 is 5.08. The fourth-order valence-corrected chi connectivity index (χ4v) is 4.24. The molecule has 148 valence electrons. The number of carbonyl (C=O) groups is 2. The number of thiophene rings is 1. The molecule has 0 spiro atoms. The van der Waals surface area contributed by atoms with E-state index in [0.717, 1.165) is 14.9 Å². The molecule has 0 saturated heterocycles. The van der Waals surface area contributed by atoms with Crippen molar-refractivity contribution in [2.24, 2.45) is 0 Å². The highest BCUT2D eigenvalue weighted by Crippen LogP contribution is 2.35. The minimum absolute atomic E-state index is 0.146. The van der Waals surface area contributed by atoms with E-state index < -0.39 is 12.0 Å². The lowest BCUT2D eigenvalue weighted by atomic mass is 9.95. The predicted octanol–water partition coefficient (Wildman–Crippen LogP) is 4.24. The second-order valence-corrected chi connectivity index (χ2v) is 8.08. The van der Waals surface area contributed by atoms with E-state index in [-0.39, 0.29) is 12.6 Å². The molecule has 2 amide bonds. The molecule has 2 heterocycles. The van der Waals surface area contributed by atoms with Gasteiger partial charge in [-0.3, -0.25) is 4.90 Å². The summed E-state index contributed by atoms with van der Waals surface area (Å²) < 4.78 is 11.2. The lowest BCUT2D eigenvalue weighted by Gasteiger charge is -2.35. The van der Waals surface area contributed by atoms with Crippen LogP contribution in [0.3, 0.4) is 0 Å². The number of ether oxygens (including phenoxy) is 2. The Balaban J connectivity index is 1.99. The van der Waals surface area contributed by atoms with Gasteiger partial charge in [-0.25, -0.2) is 9.59 Å². The third-order valence-electron chi connectivity index (χ3n) is 4.45. The molecule has 0 radical (unpaired) electrons. The largest absolute Gasteiger partial charge is 0.460 e. The maximum atomic E-state index is 12.9. The summed E-state index contributed by atoms with van der Waals surface area (Å²) in [6.45, 7) is 2.63. The van der Waals surface area contributed by atoms with E-state index in [1.54, 1.807) is 30.3 Å². The van der Waals surface area contributed by atoms with Gasteiger partial charge in [0, 0.05) is 22.2 Å². The van der Waals surface area contributed by atoms with E-state index in [0.29, 0.717) is 24.4 Å². The smallest absolute Gasteiger partial charge is 0.338 e. The van der Waals surface area contributed by atoms with Gasteiger partial charge < -0.3 is 14.8 Å². The van der Waals surface area contributed by atoms with Crippen molar-refractivity contribution in [3.63, 3.8) is 0 Å². The second-order valence-electron chi connectivity index (χ2n) is 6.20. The fourth-order valence-electron chi connectivity index (χ4n) is 3.03. The van der Waals surface area contributed by atoms with Gasteiger partial charge in [-0.2, -0.15) is 0 Å². The Morgan fingerprint density at radius 1 is 1.25 bits per heavy atom. The Morgan fingerprint density at radius 3 is 2.71 bits per heavy atom. The summed E-state index contributed by atoms with van der Waals surface area (Å²) in [5.41, 5.74) is 1.80. The van der Waals surface area contributed by atoms with E-state index >= 15 is 0 Å². The average Bonchev–Trinajstić information content (AvgIpc) is 3.18. The molecule has 0 fully saturated rings. The quantitative estimate of drug-likeness (QED) is 0.491. The lowest BCUT2D eigenvalue weighted by molar-refractivity contribution is -0.140. The highest BCUT2D eigenvalue weighted by molar-refractivity contribution is 9.10. The molecular weight excluding hydrogens is 444 g/mol. The van der Waals surface area contributed by atoms with E-state index in [2.05, 4.69) is 21.2 Å². The highest BCUT2D eigenvalue weighted by atomic mass is 79.9. The molecule has 1 unspecified atom stereocenters. The van der Waals surface area contributed by atoms with Crippen LogP contribution >= 0.6 is 27.3 Å². The monoisotopic (exact) mass is 464 g/mol. The first kappa shape index (κ1) is 20.6. The van der Waals surface area contributed by atoms with Crippen LogP contribution in [0.15, 0.2) is 57.5 Å². The van der Waals surface area contributed by atoms with Crippen LogP contribution in [-0.2, 0) is 20.8 Å². The maximum absolute atomic E-state index is 12.9. The van der Waals surface area contributed by atoms with Gasteiger partial charge in [0.2, 0.25) is 0 Å². The average molecular weight is 465 g/mol. The first-order valence-corrected chi connectivity index (χ1v) is 10.4. The van der Waals surface area contributed by atoms with Crippen LogP contribution in [-0.4, -0.2) is 37.2 Å². The number of nitrogens with one attached hydrogen (secondary N) is 1. The maximum Gasteiger partial charge on any atom is 0.338 e. The summed E-state index contributed by atoms with van der Waals surface area (Å²) in [4.78, 5) is 28.4. The Hall–Kier alpha value is -2.16. The number of nitrogens with zero attached hydrogens (tertiary/aromatic N) is 1. The Bertz CT molecular complexity index is 882. The van der Waals surface area contributed by atoms with Gasteiger partial charge in [0.05, 0.1) is 24.8 Å². The standard InChI is InChI=1S/C20H21BrN2O4S/c1-13-17(19(24)27-10-9-26-2)18(15-7-3-4-8-16(15)21)22-20(25)23(13)12-14-6-5-11-28-14/h3-8,11,18H,9-10,12H2,1-2H3,(H,22,25). The van der Waals surface area contributed by atoms with Crippen molar-refractivity contribution in [3.8, 4) is 0 Å². The number of hydrogen-bond acceptors (Lipinski definition) is 5. The SMILES string of the molecule is COCCOC(=O)C1=C(C)N(Cc2cccs2)C(=O)NC1c1ccccc1Br. The zero-order chi connectivity index (χ0) is 20.1. The number of rotatable bonds is 7. The van der Waals surface area contributed by atoms with Gasteiger partial charge in [-0.15, -0.1) is 11.3 Å².